The SMILES string of the molecule is Cc1cc(Cc2cc(C)cc3c2OCN(CCCO)C3)c2c(c1)CN(CCCO)CO2. The molecule has 0 spiro atoms. The molecule has 6 heteroatoms. The highest BCUT2D eigenvalue weighted by Crippen LogP contribution is 2.37. The first-order valence-electron chi connectivity index (χ1n) is 11.2. The summed E-state index contributed by atoms with van der Waals surface area (Å²) in [4.78, 5) is 4.47. The zero-order chi connectivity index (χ0) is 21.8. The first-order valence-corrected chi connectivity index (χ1v) is 11.2. The van der Waals surface area contributed by atoms with E-state index in [1.165, 1.54) is 33.4 Å². The van der Waals surface area contributed by atoms with Gasteiger partial charge in [0.05, 0.1) is 0 Å². The average molecular weight is 427 g/mol. The van der Waals surface area contributed by atoms with Gasteiger partial charge in [-0.15, -0.1) is 0 Å². The van der Waals surface area contributed by atoms with E-state index in [1.807, 2.05) is 0 Å². The summed E-state index contributed by atoms with van der Waals surface area (Å²) in [7, 11) is 0. The van der Waals surface area contributed by atoms with Crippen LogP contribution in [0, 0.1) is 13.8 Å². The molecule has 0 fully saturated rings. The van der Waals surface area contributed by atoms with E-state index in [4.69, 9.17) is 19.7 Å². The van der Waals surface area contributed by atoms with Crippen molar-refractivity contribution in [3.8, 4) is 11.5 Å². The normalized spacial score (nSPS) is 16.4. The van der Waals surface area contributed by atoms with Crippen molar-refractivity contribution in [2.75, 3.05) is 39.8 Å². The fourth-order valence-corrected chi connectivity index (χ4v) is 4.69. The van der Waals surface area contributed by atoms with E-state index in [0.717, 1.165) is 56.9 Å². The molecule has 0 radical (unpaired) electrons. The highest BCUT2D eigenvalue weighted by atomic mass is 16.5. The molecule has 168 valence electrons. The zero-order valence-electron chi connectivity index (χ0n) is 18.7. The minimum absolute atomic E-state index is 0.207. The Morgan fingerprint density at radius 3 is 1.61 bits per heavy atom. The van der Waals surface area contributed by atoms with Crippen LogP contribution < -0.4 is 9.47 Å². The van der Waals surface area contributed by atoms with E-state index in [2.05, 4.69) is 47.9 Å². The Bertz CT molecular complexity index is 841. The predicted molar refractivity (Wildman–Crippen MR) is 120 cm³/mol. The van der Waals surface area contributed by atoms with Crippen molar-refractivity contribution in [1.29, 1.82) is 0 Å². The van der Waals surface area contributed by atoms with E-state index in [-0.39, 0.29) is 13.2 Å². The maximum Gasteiger partial charge on any atom is 0.142 e. The van der Waals surface area contributed by atoms with Gasteiger partial charge in [-0.3, -0.25) is 9.80 Å². The van der Waals surface area contributed by atoms with Gasteiger partial charge in [0.25, 0.3) is 0 Å². The standard InChI is InChI=1S/C25H34N2O4/c1-18-9-20(24-22(11-18)14-26(16-30-24)5-3-7-28)13-21-10-19(2)12-23-15-27(6-4-8-29)17-31-25(21)23/h9-12,28-29H,3-8,13-17H2,1-2H3. The van der Waals surface area contributed by atoms with Crippen LogP contribution >= 0.6 is 0 Å². The summed E-state index contributed by atoms with van der Waals surface area (Å²) in [5.41, 5.74) is 7.32. The van der Waals surface area contributed by atoms with Crippen molar-refractivity contribution in [3.05, 3.63) is 57.6 Å². The van der Waals surface area contributed by atoms with Crippen LogP contribution in [0.15, 0.2) is 24.3 Å². The topological polar surface area (TPSA) is 65.4 Å². The number of rotatable bonds is 8. The van der Waals surface area contributed by atoms with Crippen molar-refractivity contribution >= 4 is 0 Å². The molecule has 2 aliphatic heterocycles. The maximum atomic E-state index is 9.13. The lowest BCUT2D eigenvalue weighted by atomic mass is 9.94. The Morgan fingerprint density at radius 2 is 1.19 bits per heavy atom. The first-order chi connectivity index (χ1) is 15.1. The molecule has 0 aliphatic carbocycles. The summed E-state index contributed by atoms with van der Waals surface area (Å²) in [5, 5.41) is 18.3. The molecule has 2 heterocycles. The second kappa shape index (κ2) is 10.0. The molecule has 0 bridgehead atoms. The van der Waals surface area contributed by atoms with Crippen LogP contribution in [0.5, 0.6) is 11.5 Å². The van der Waals surface area contributed by atoms with Gasteiger partial charge in [-0.2, -0.15) is 0 Å². The summed E-state index contributed by atoms with van der Waals surface area (Å²) in [5.74, 6) is 2.00. The average Bonchev–Trinajstić information content (AvgIpc) is 2.75. The molecule has 0 saturated heterocycles. The van der Waals surface area contributed by atoms with E-state index < -0.39 is 0 Å². The van der Waals surface area contributed by atoms with Gasteiger partial charge < -0.3 is 19.7 Å². The van der Waals surface area contributed by atoms with Crippen LogP contribution in [0.2, 0.25) is 0 Å². The van der Waals surface area contributed by atoms with Crippen LogP contribution in [0.25, 0.3) is 0 Å². The van der Waals surface area contributed by atoms with E-state index >= 15 is 0 Å². The smallest absolute Gasteiger partial charge is 0.142 e. The number of aliphatic hydroxyl groups is 2. The van der Waals surface area contributed by atoms with Crippen LogP contribution in [-0.4, -0.2) is 59.8 Å². The fourth-order valence-electron chi connectivity index (χ4n) is 4.69. The Balaban J connectivity index is 1.58. The molecule has 4 rings (SSSR count). The summed E-state index contributed by atoms with van der Waals surface area (Å²) in [6.07, 6.45) is 2.31. The van der Waals surface area contributed by atoms with Gasteiger partial charge in [0.2, 0.25) is 0 Å². The summed E-state index contributed by atoms with van der Waals surface area (Å²) in [6.45, 7) is 9.19. The number of aryl methyl sites for hydroxylation is 2. The summed E-state index contributed by atoms with van der Waals surface area (Å²) < 4.78 is 12.4. The van der Waals surface area contributed by atoms with Crippen molar-refractivity contribution in [2.24, 2.45) is 0 Å². The highest BCUT2D eigenvalue weighted by Gasteiger charge is 2.24. The lowest BCUT2D eigenvalue weighted by molar-refractivity contribution is 0.0863. The molecule has 0 saturated carbocycles. The second-order valence-electron chi connectivity index (χ2n) is 8.81. The van der Waals surface area contributed by atoms with Crippen LogP contribution in [0.3, 0.4) is 0 Å². The molecule has 31 heavy (non-hydrogen) atoms. The Morgan fingerprint density at radius 1 is 0.742 bits per heavy atom. The van der Waals surface area contributed by atoms with E-state index in [1.54, 1.807) is 0 Å². The third-order valence-corrected chi connectivity index (χ3v) is 5.99. The van der Waals surface area contributed by atoms with Crippen LogP contribution in [-0.2, 0) is 19.5 Å². The van der Waals surface area contributed by atoms with Gasteiger partial charge in [-0.25, -0.2) is 0 Å². The number of benzene rings is 2. The molecule has 2 N–H and O–H groups in total. The van der Waals surface area contributed by atoms with Gasteiger partial charge in [0.15, 0.2) is 0 Å². The maximum absolute atomic E-state index is 9.13. The van der Waals surface area contributed by atoms with Gasteiger partial charge in [-0.1, -0.05) is 35.4 Å². The molecule has 0 unspecified atom stereocenters. The van der Waals surface area contributed by atoms with Gasteiger partial charge in [0.1, 0.15) is 25.0 Å². The number of nitrogens with zero attached hydrogens (tertiary/aromatic N) is 2. The lowest BCUT2D eigenvalue weighted by Crippen LogP contribution is -2.34. The summed E-state index contributed by atoms with van der Waals surface area (Å²) in [6, 6.07) is 8.89. The number of hydrogen-bond acceptors (Lipinski definition) is 6. The molecular weight excluding hydrogens is 392 g/mol. The van der Waals surface area contributed by atoms with Crippen molar-refractivity contribution in [3.63, 3.8) is 0 Å². The number of fused-ring (bicyclic) bond motifs is 2. The lowest BCUT2D eigenvalue weighted by Gasteiger charge is -2.32. The molecule has 0 aromatic heterocycles. The number of aliphatic hydroxyl groups excluding tert-OH is 2. The van der Waals surface area contributed by atoms with Gasteiger partial charge >= 0.3 is 0 Å². The van der Waals surface area contributed by atoms with Crippen LogP contribution in [0.1, 0.15) is 46.2 Å². The van der Waals surface area contributed by atoms with E-state index in [0.29, 0.717) is 13.5 Å². The summed E-state index contributed by atoms with van der Waals surface area (Å²) >= 11 is 0. The quantitative estimate of drug-likeness (QED) is 0.677. The van der Waals surface area contributed by atoms with Crippen molar-refractivity contribution in [1.82, 2.24) is 9.80 Å². The van der Waals surface area contributed by atoms with E-state index in [9.17, 15) is 0 Å². The third-order valence-electron chi connectivity index (χ3n) is 5.99. The van der Waals surface area contributed by atoms with Crippen LogP contribution in [0.4, 0.5) is 0 Å². The monoisotopic (exact) mass is 426 g/mol. The van der Waals surface area contributed by atoms with Gasteiger partial charge in [0, 0.05) is 56.9 Å². The first kappa shape index (κ1) is 22.1. The molecule has 6 nitrogen and oxygen atoms in total. The molecular formula is C25H34N2O4. The van der Waals surface area contributed by atoms with Gasteiger partial charge in [-0.05, 0) is 37.8 Å². The second-order valence-corrected chi connectivity index (χ2v) is 8.81. The third kappa shape index (κ3) is 5.21. The number of ether oxygens (including phenoxy) is 2. The number of hydrogen-bond donors (Lipinski definition) is 2. The molecule has 0 amide bonds. The Kier molecular flexibility index (Phi) is 7.13. The largest absolute Gasteiger partial charge is 0.477 e. The Labute approximate surface area is 185 Å². The van der Waals surface area contributed by atoms with Crippen molar-refractivity contribution < 1.29 is 19.7 Å². The van der Waals surface area contributed by atoms with Crippen molar-refractivity contribution in [2.45, 2.75) is 46.2 Å². The molecule has 2 aromatic carbocycles. The molecule has 2 aromatic rings. The molecule has 0 atom stereocenters. The zero-order valence-corrected chi connectivity index (χ0v) is 18.7. The molecule has 2 aliphatic rings. The predicted octanol–water partition coefficient (Wildman–Crippen LogP) is 2.96. The highest BCUT2D eigenvalue weighted by molar-refractivity contribution is 5.52. The fraction of sp³-hybridized carbons (Fsp3) is 0.520. The minimum atomic E-state index is 0.207. The minimum Gasteiger partial charge on any atom is -0.477 e. The Hall–Kier alpha value is -2.12.